The number of rotatable bonds is 4. The fourth-order valence-corrected chi connectivity index (χ4v) is 3.28. The van der Waals surface area contributed by atoms with Gasteiger partial charge in [0.05, 0.1) is 0 Å². The van der Waals surface area contributed by atoms with Gasteiger partial charge in [0.1, 0.15) is 0 Å². The number of hydrogen-bond donors (Lipinski definition) is 0. The van der Waals surface area contributed by atoms with Crippen LogP contribution >= 0.6 is 0 Å². The van der Waals surface area contributed by atoms with Crippen LogP contribution in [-0.2, 0) is 9.53 Å². The largest absolute Gasteiger partial charge is 0.381 e. The maximum absolute atomic E-state index is 12.1. The van der Waals surface area contributed by atoms with Gasteiger partial charge in [0.2, 0.25) is 5.91 Å². The summed E-state index contributed by atoms with van der Waals surface area (Å²) in [6, 6.07) is 0. The second-order valence-electron chi connectivity index (χ2n) is 6.31. The molecular formula is C15H26N2O2. The molecule has 3 aliphatic rings. The Bertz CT molecular complexity index is 303. The Morgan fingerprint density at radius 1 is 1.11 bits per heavy atom. The SMILES string of the molecule is O=C(C1CCC1)N1CCN(CCC2CCOC2)CC1. The van der Waals surface area contributed by atoms with Crippen LogP contribution in [0.25, 0.3) is 0 Å². The Kier molecular flexibility index (Phi) is 4.38. The van der Waals surface area contributed by atoms with Crippen molar-refractivity contribution in [3.05, 3.63) is 0 Å². The van der Waals surface area contributed by atoms with Gasteiger partial charge in [-0.05, 0) is 38.1 Å². The molecule has 108 valence electrons. The fourth-order valence-electron chi connectivity index (χ4n) is 3.28. The van der Waals surface area contributed by atoms with Crippen LogP contribution < -0.4 is 0 Å². The van der Waals surface area contributed by atoms with Gasteiger partial charge in [0.25, 0.3) is 0 Å². The molecule has 1 amide bonds. The maximum atomic E-state index is 12.1. The van der Waals surface area contributed by atoms with Gasteiger partial charge in [-0.25, -0.2) is 0 Å². The average molecular weight is 266 g/mol. The quantitative estimate of drug-likeness (QED) is 0.770. The number of ether oxygens (including phenoxy) is 1. The van der Waals surface area contributed by atoms with Gasteiger partial charge in [-0.15, -0.1) is 0 Å². The maximum Gasteiger partial charge on any atom is 0.225 e. The highest BCUT2D eigenvalue weighted by Gasteiger charge is 2.31. The third-order valence-corrected chi connectivity index (χ3v) is 5.02. The van der Waals surface area contributed by atoms with Crippen molar-refractivity contribution in [1.29, 1.82) is 0 Å². The van der Waals surface area contributed by atoms with Crippen LogP contribution in [-0.4, -0.2) is 61.6 Å². The van der Waals surface area contributed by atoms with Crippen molar-refractivity contribution < 1.29 is 9.53 Å². The van der Waals surface area contributed by atoms with E-state index in [0.717, 1.165) is 58.2 Å². The first-order valence-corrected chi connectivity index (χ1v) is 7.92. The summed E-state index contributed by atoms with van der Waals surface area (Å²) in [7, 11) is 0. The Morgan fingerprint density at radius 3 is 2.47 bits per heavy atom. The lowest BCUT2D eigenvalue weighted by molar-refractivity contribution is -0.139. The van der Waals surface area contributed by atoms with Crippen molar-refractivity contribution >= 4 is 5.91 Å². The average Bonchev–Trinajstić information content (AvgIpc) is 2.88. The summed E-state index contributed by atoms with van der Waals surface area (Å²) in [5.74, 6) is 1.56. The molecule has 2 aliphatic heterocycles. The molecule has 1 atom stereocenters. The summed E-state index contributed by atoms with van der Waals surface area (Å²) in [6.45, 7) is 7.10. The van der Waals surface area contributed by atoms with E-state index < -0.39 is 0 Å². The molecular weight excluding hydrogens is 240 g/mol. The minimum absolute atomic E-state index is 0.363. The second-order valence-corrected chi connectivity index (χ2v) is 6.31. The first kappa shape index (κ1) is 13.4. The summed E-state index contributed by atoms with van der Waals surface area (Å²) in [5.41, 5.74) is 0. The minimum Gasteiger partial charge on any atom is -0.381 e. The zero-order chi connectivity index (χ0) is 13.1. The van der Waals surface area contributed by atoms with E-state index in [4.69, 9.17) is 4.74 Å². The molecule has 4 nitrogen and oxygen atoms in total. The predicted molar refractivity (Wildman–Crippen MR) is 73.9 cm³/mol. The molecule has 0 aromatic heterocycles. The second kappa shape index (κ2) is 6.23. The molecule has 1 unspecified atom stereocenters. The summed E-state index contributed by atoms with van der Waals surface area (Å²) in [5, 5.41) is 0. The van der Waals surface area contributed by atoms with E-state index in [1.165, 1.54) is 25.8 Å². The zero-order valence-corrected chi connectivity index (χ0v) is 11.9. The summed E-state index contributed by atoms with van der Waals surface area (Å²) < 4.78 is 5.42. The molecule has 3 rings (SSSR count). The van der Waals surface area contributed by atoms with E-state index in [9.17, 15) is 4.79 Å². The fraction of sp³-hybridized carbons (Fsp3) is 0.933. The Balaban J connectivity index is 1.35. The zero-order valence-electron chi connectivity index (χ0n) is 11.9. The molecule has 0 spiro atoms. The van der Waals surface area contributed by atoms with Gasteiger partial charge in [-0.3, -0.25) is 9.69 Å². The summed E-state index contributed by atoms with van der Waals surface area (Å²) in [6.07, 6.45) is 6.00. The Hall–Kier alpha value is -0.610. The van der Waals surface area contributed by atoms with E-state index in [2.05, 4.69) is 9.80 Å². The smallest absolute Gasteiger partial charge is 0.225 e. The summed E-state index contributed by atoms with van der Waals surface area (Å²) >= 11 is 0. The molecule has 0 aromatic carbocycles. The van der Waals surface area contributed by atoms with Gasteiger partial charge in [-0.1, -0.05) is 6.42 Å². The Morgan fingerprint density at radius 2 is 1.89 bits per heavy atom. The highest BCUT2D eigenvalue weighted by molar-refractivity contribution is 5.79. The minimum atomic E-state index is 0.363. The van der Waals surface area contributed by atoms with Crippen molar-refractivity contribution in [3.63, 3.8) is 0 Å². The van der Waals surface area contributed by atoms with Crippen molar-refractivity contribution in [2.45, 2.75) is 32.1 Å². The van der Waals surface area contributed by atoms with Crippen molar-refractivity contribution in [2.24, 2.45) is 11.8 Å². The third-order valence-electron chi connectivity index (χ3n) is 5.02. The predicted octanol–water partition coefficient (Wildman–Crippen LogP) is 1.36. The molecule has 4 heteroatoms. The van der Waals surface area contributed by atoms with Crippen LogP contribution in [0.2, 0.25) is 0 Å². The molecule has 1 aliphatic carbocycles. The number of hydrogen-bond acceptors (Lipinski definition) is 3. The van der Waals surface area contributed by atoms with Crippen LogP contribution in [0.15, 0.2) is 0 Å². The van der Waals surface area contributed by atoms with E-state index in [0.29, 0.717) is 11.8 Å². The van der Waals surface area contributed by atoms with E-state index in [-0.39, 0.29) is 0 Å². The van der Waals surface area contributed by atoms with Crippen LogP contribution in [0.1, 0.15) is 32.1 Å². The van der Waals surface area contributed by atoms with Gasteiger partial charge < -0.3 is 9.64 Å². The molecule has 0 radical (unpaired) electrons. The Labute approximate surface area is 116 Å². The molecule has 0 N–H and O–H groups in total. The van der Waals surface area contributed by atoms with E-state index in [1.54, 1.807) is 0 Å². The molecule has 2 saturated heterocycles. The first-order chi connectivity index (χ1) is 9.33. The highest BCUT2D eigenvalue weighted by atomic mass is 16.5. The van der Waals surface area contributed by atoms with Crippen LogP contribution in [0.5, 0.6) is 0 Å². The van der Waals surface area contributed by atoms with Crippen LogP contribution in [0.4, 0.5) is 0 Å². The molecule has 1 saturated carbocycles. The van der Waals surface area contributed by atoms with Crippen molar-refractivity contribution in [2.75, 3.05) is 45.9 Å². The molecule has 2 heterocycles. The van der Waals surface area contributed by atoms with Gasteiger partial charge >= 0.3 is 0 Å². The van der Waals surface area contributed by atoms with Gasteiger partial charge in [0, 0.05) is 45.3 Å². The summed E-state index contributed by atoms with van der Waals surface area (Å²) in [4.78, 5) is 16.8. The highest BCUT2D eigenvalue weighted by Crippen LogP contribution is 2.28. The number of nitrogens with zero attached hydrogens (tertiary/aromatic N) is 2. The third kappa shape index (κ3) is 3.29. The molecule has 19 heavy (non-hydrogen) atoms. The molecule has 3 fully saturated rings. The monoisotopic (exact) mass is 266 g/mol. The normalized spacial score (nSPS) is 29.5. The lowest BCUT2D eigenvalue weighted by Gasteiger charge is -2.38. The topological polar surface area (TPSA) is 32.8 Å². The van der Waals surface area contributed by atoms with Crippen molar-refractivity contribution in [3.8, 4) is 0 Å². The van der Waals surface area contributed by atoms with Crippen LogP contribution in [0, 0.1) is 11.8 Å². The van der Waals surface area contributed by atoms with Crippen LogP contribution in [0.3, 0.4) is 0 Å². The number of amides is 1. The molecule has 0 bridgehead atoms. The van der Waals surface area contributed by atoms with E-state index in [1.807, 2.05) is 0 Å². The first-order valence-electron chi connectivity index (χ1n) is 7.92. The van der Waals surface area contributed by atoms with Gasteiger partial charge in [0.15, 0.2) is 0 Å². The lowest BCUT2D eigenvalue weighted by atomic mass is 9.84. The van der Waals surface area contributed by atoms with Gasteiger partial charge in [-0.2, -0.15) is 0 Å². The molecule has 0 aromatic rings. The van der Waals surface area contributed by atoms with Crippen molar-refractivity contribution in [1.82, 2.24) is 9.80 Å². The number of piperazine rings is 1. The van der Waals surface area contributed by atoms with E-state index >= 15 is 0 Å². The lowest BCUT2D eigenvalue weighted by Crippen LogP contribution is -2.51. The standard InChI is InChI=1S/C15H26N2O2/c18-15(14-2-1-3-14)17-9-7-16(8-10-17)6-4-13-5-11-19-12-13/h13-14H,1-12H2. The number of carbonyl (C=O) groups is 1. The number of carbonyl (C=O) groups excluding carboxylic acids is 1.